The first kappa shape index (κ1) is 14.2. The number of ether oxygens (including phenoxy) is 1. The first-order valence-corrected chi connectivity index (χ1v) is 7.14. The van der Waals surface area contributed by atoms with E-state index in [1.807, 2.05) is 38.1 Å². The van der Waals surface area contributed by atoms with Crippen LogP contribution in [-0.2, 0) is 0 Å². The fraction of sp³-hybridized carbons (Fsp3) is 0.167. The molecule has 2 aromatic carbocycles. The minimum atomic E-state index is -0.122. The molecule has 0 spiro atoms. The quantitative estimate of drug-likeness (QED) is 0.746. The van der Waals surface area contributed by atoms with Crippen LogP contribution in [0.15, 0.2) is 57.7 Å². The van der Waals surface area contributed by atoms with Gasteiger partial charge in [-0.25, -0.2) is 0 Å². The number of benzene rings is 2. The second kappa shape index (κ2) is 5.56. The van der Waals surface area contributed by atoms with Gasteiger partial charge in [0, 0.05) is 11.8 Å². The van der Waals surface area contributed by atoms with Gasteiger partial charge >= 0.3 is 0 Å². The summed E-state index contributed by atoms with van der Waals surface area (Å²) < 4.78 is 11.7. The molecule has 0 saturated carbocycles. The van der Waals surface area contributed by atoms with Gasteiger partial charge in [-0.05, 0) is 44.2 Å². The van der Waals surface area contributed by atoms with E-state index in [2.05, 4.69) is 0 Å². The van der Waals surface area contributed by atoms with Crippen LogP contribution in [0.3, 0.4) is 0 Å². The minimum absolute atomic E-state index is 0.0353. The number of anilines is 1. The van der Waals surface area contributed by atoms with Crippen LogP contribution in [0.5, 0.6) is 5.75 Å². The molecule has 0 unspecified atom stereocenters. The standard InChI is InChI=1S/C18H17NO3/c1-11(2)21-16-6-4-3-5-13(16)18-10-15(20)14-9-12(19)7-8-17(14)22-18/h3-11H,19H2,1-2H3. The van der Waals surface area contributed by atoms with Gasteiger partial charge in [-0.2, -0.15) is 0 Å². The zero-order chi connectivity index (χ0) is 15.7. The summed E-state index contributed by atoms with van der Waals surface area (Å²) in [6.45, 7) is 3.91. The fourth-order valence-electron chi connectivity index (χ4n) is 2.33. The molecule has 3 rings (SSSR count). The van der Waals surface area contributed by atoms with Gasteiger partial charge < -0.3 is 14.9 Å². The highest BCUT2D eigenvalue weighted by Gasteiger charge is 2.12. The van der Waals surface area contributed by atoms with Gasteiger partial charge in [0.1, 0.15) is 17.1 Å². The lowest BCUT2D eigenvalue weighted by molar-refractivity contribution is 0.243. The highest BCUT2D eigenvalue weighted by Crippen LogP contribution is 2.31. The number of para-hydroxylation sites is 1. The van der Waals surface area contributed by atoms with E-state index >= 15 is 0 Å². The summed E-state index contributed by atoms with van der Waals surface area (Å²) in [4.78, 5) is 12.3. The smallest absolute Gasteiger partial charge is 0.193 e. The molecule has 22 heavy (non-hydrogen) atoms. The van der Waals surface area contributed by atoms with E-state index < -0.39 is 0 Å². The normalized spacial score (nSPS) is 11.0. The Labute approximate surface area is 128 Å². The molecular weight excluding hydrogens is 278 g/mol. The van der Waals surface area contributed by atoms with Crippen LogP contribution >= 0.6 is 0 Å². The Kier molecular flexibility index (Phi) is 3.59. The third-order valence-corrected chi connectivity index (χ3v) is 3.27. The third-order valence-electron chi connectivity index (χ3n) is 3.27. The summed E-state index contributed by atoms with van der Waals surface area (Å²) in [5, 5.41) is 0.478. The van der Waals surface area contributed by atoms with Crippen molar-refractivity contribution in [3.8, 4) is 17.1 Å². The number of hydrogen-bond donors (Lipinski definition) is 1. The molecular formula is C18H17NO3. The van der Waals surface area contributed by atoms with Gasteiger partial charge in [-0.15, -0.1) is 0 Å². The van der Waals surface area contributed by atoms with Crippen LogP contribution in [0, 0.1) is 0 Å². The Hall–Kier alpha value is -2.75. The summed E-state index contributed by atoms with van der Waals surface area (Å²) in [6.07, 6.45) is 0.0353. The number of rotatable bonds is 3. The summed E-state index contributed by atoms with van der Waals surface area (Å²) in [5.41, 5.74) is 7.40. The number of fused-ring (bicyclic) bond motifs is 1. The molecule has 112 valence electrons. The SMILES string of the molecule is CC(C)Oc1ccccc1-c1cc(=O)c2cc(N)ccc2o1. The van der Waals surface area contributed by atoms with E-state index in [0.29, 0.717) is 28.2 Å². The Morgan fingerprint density at radius 3 is 2.64 bits per heavy atom. The Morgan fingerprint density at radius 2 is 1.86 bits per heavy atom. The van der Waals surface area contributed by atoms with Crippen molar-refractivity contribution in [2.45, 2.75) is 20.0 Å². The van der Waals surface area contributed by atoms with Gasteiger partial charge in [0.25, 0.3) is 0 Å². The van der Waals surface area contributed by atoms with E-state index in [-0.39, 0.29) is 11.5 Å². The van der Waals surface area contributed by atoms with Crippen LogP contribution in [-0.4, -0.2) is 6.10 Å². The van der Waals surface area contributed by atoms with Gasteiger partial charge in [0.2, 0.25) is 0 Å². The van der Waals surface area contributed by atoms with E-state index in [0.717, 1.165) is 5.56 Å². The lowest BCUT2D eigenvalue weighted by Crippen LogP contribution is -2.07. The lowest BCUT2D eigenvalue weighted by Gasteiger charge is -2.13. The average Bonchev–Trinajstić information content (AvgIpc) is 2.48. The van der Waals surface area contributed by atoms with Crippen molar-refractivity contribution in [3.63, 3.8) is 0 Å². The minimum Gasteiger partial charge on any atom is -0.490 e. The molecule has 0 aliphatic carbocycles. The molecule has 0 amide bonds. The van der Waals surface area contributed by atoms with Crippen molar-refractivity contribution < 1.29 is 9.15 Å². The van der Waals surface area contributed by atoms with Gasteiger partial charge in [0.15, 0.2) is 5.43 Å². The molecule has 0 saturated heterocycles. The number of nitrogen functional groups attached to an aromatic ring is 1. The molecule has 0 atom stereocenters. The van der Waals surface area contributed by atoms with Gasteiger partial charge in [-0.3, -0.25) is 4.79 Å². The molecule has 2 N–H and O–H groups in total. The van der Waals surface area contributed by atoms with Crippen molar-refractivity contribution in [3.05, 3.63) is 58.8 Å². The number of hydrogen-bond acceptors (Lipinski definition) is 4. The molecule has 4 nitrogen and oxygen atoms in total. The second-order valence-electron chi connectivity index (χ2n) is 5.39. The zero-order valence-corrected chi connectivity index (χ0v) is 12.5. The molecule has 0 radical (unpaired) electrons. The van der Waals surface area contributed by atoms with E-state index in [9.17, 15) is 4.79 Å². The van der Waals surface area contributed by atoms with E-state index in [4.69, 9.17) is 14.9 Å². The average molecular weight is 295 g/mol. The van der Waals surface area contributed by atoms with Crippen molar-refractivity contribution >= 4 is 16.7 Å². The largest absolute Gasteiger partial charge is 0.490 e. The maximum atomic E-state index is 12.3. The third kappa shape index (κ3) is 2.68. The first-order chi connectivity index (χ1) is 10.5. The van der Waals surface area contributed by atoms with Crippen molar-refractivity contribution in [2.24, 2.45) is 0 Å². The molecule has 4 heteroatoms. The molecule has 1 aromatic heterocycles. The van der Waals surface area contributed by atoms with Crippen molar-refractivity contribution in [1.29, 1.82) is 0 Å². The fourth-order valence-corrected chi connectivity index (χ4v) is 2.33. The van der Waals surface area contributed by atoms with Gasteiger partial charge in [-0.1, -0.05) is 12.1 Å². The summed E-state index contributed by atoms with van der Waals surface area (Å²) >= 11 is 0. The molecule has 0 aliphatic heterocycles. The summed E-state index contributed by atoms with van der Waals surface area (Å²) in [7, 11) is 0. The van der Waals surface area contributed by atoms with Crippen LogP contribution < -0.4 is 15.9 Å². The maximum absolute atomic E-state index is 12.3. The van der Waals surface area contributed by atoms with E-state index in [1.54, 1.807) is 18.2 Å². The maximum Gasteiger partial charge on any atom is 0.193 e. The van der Waals surface area contributed by atoms with E-state index in [1.165, 1.54) is 6.07 Å². The Bertz CT molecular complexity index is 881. The Morgan fingerprint density at radius 1 is 1.09 bits per heavy atom. The second-order valence-corrected chi connectivity index (χ2v) is 5.39. The van der Waals surface area contributed by atoms with Crippen LogP contribution in [0.2, 0.25) is 0 Å². The van der Waals surface area contributed by atoms with Gasteiger partial charge in [0.05, 0.1) is 17.1 Å². The van der Waals surface area contributed by atoms with Crippen LogP contribution in [0.4, 0.5) is 5.69 Å². The first-order valence-electron chi connectivity index (χ1n) is 7.14. The number of nitrogens with two attached hydrogens (primary N) is 1. The topological polar surface area (TPSA) is 65.5 Å². The summed E-state index contributed by atoms with van der Waals surface area (Å²) in [6, 6.07) is 14.0. The highest BCUT2D eigenvalue weighted by atomic mass is 16.5. The predicted octanol–water partition coefficient (Wildman–Crippen LogP) is 3.83. The van der Waals surface area contributed by atoms with Crippen molar-refractivity contribution in [2.75, 3.05) is 5.73 Å². The molecule has 0 aliphatic rings. The van der Waals surface area contributed by atoms with Crippen LogP contribution in [0.1, 0.15) is 13.8 Å². The zero-order valence-electron chi connectivity index (χ0n) is 12.5. The predicted molar refractivity (Wildman–Crippen MR) is 88.1 cm³/mol. The molecule has 0 fully saturated rings. The molecule has 1 heterocycles. The lowest BCUT2D eigenvalue weighted by atomic mass is 10.1. The van der Waals surface area contributed by atoms with Crippen molar-refractivity contribution in [1.82, 2.24) is 0 Å². The molecule has 3 aromatic rings. The summed E-state index contributed by atoms with van der Waals surface area (Å²) in [5.74, 6) is 1.17. The van der Waals surface area contributed by atoms with Crippen LogP contribution in [0.25, 0.3) is 22.3 Å². The Balaban J connectivity index is 2.19. The highest BCUT2D eigenvalue weighted by molar-refractivity contribution is 5.82. The molecule has 0 bridgehead atoms. The monoisotopic (exact) mass is 295 g/mol.